The van der Waals surface area contributed by atoms with Crippen molar-refractivity contribution >= 4 is 40.2 Å². The SMILES string of the molecule is C=CCNC(=S)NC=C(c1ccccn1)C1C(=O)N(c2ccccc2)N=C1C. The van der Waals surface area contributed by atoms with E-state index in [9.17, 15) is 4.79 Å². The molecule has 28 heavy (non-hydrogen) atoms. The molecule has 1 amide bonds. The second kappa shape index (κ2) is 9.05. The Hall–Kier alpha value is -3.32. The quantitative estimate of drug-likeness (QED) is 0.585. The summed E-state index contributed by atoms with van der Waals surface area (Å²) in [6.07, 6.45) is 5.13. The van der Waals surface area contributed by atoms with Gasteiger partial charge in [0.05, 0.1) is 17.1 Å². The number of nitrogens with one attached hydrogen (secondary N) is 2. The van der Waals surface area contributed by atoms with Crippen molar-refractivity contribution in [2.45, 2.75) is 6.92 Å². The number of amides is 1. The van der Waals surface area contributed by atoms with Gasteiger partial charge in [-0.25, -0.2) is 0 Å². The standard InChI is InChI=1S/C21H21N5OS/c1-3-12-23-21(28)24-14-17(18-11-7-8-13-22-18)19-15(2)25-26(20(19)27)16-9-5-4-6-10-16/h3-11,13-14,19H,1,12H2,2H3,(H2,23,24,28). The molecule has 1 aromatic carbocycles. The van der Waals surface area contributed by atoms with Gasteiger partial charge in [0.1, 0.15) is 5.92 Å². The van der Waals surface area contributed by atoms with Gasteiger partial charge in [-0.1, -0.05) is 30.3 Å². The van der Waals surface area contributed by atoms with Crippen LogP contribution in [0, 0.1) is 5.92 Å². The number of aromatic nitrogens is 1. The van der Waals surface area contributed by atoms with Crippen molar-refractivity contribution in [3.63, 3.8) is 0 Å². The van der Waals surface area contributed by atoms with E-state index in [1.165, 1.54) is 5.01 Å². The first-order valence-electron chi connectivity index (χ1n) is 8.82. The Morgan fingerprint density at radius 1 is 1.25 bits per heavy atom. The van der Waals surface area contributed by atoms with Crippen molar-refractivity contribution in [2.24, 2.45) is 11.0 Å². The van der Waals surface area contributed by atoms with Gasteiger partial charge < -0.3 is 10.6 Å². The number of hydrogen-bond donors (Lipinski definition) is 2. The summed E-state index contributed by atoms with van der Waals surface area (Å²) in [6, 6.07) is 14.9. The number of carbonyl (C=O) groups excluding carboxylic acids is 1. The number of benzene rings is 1. The van der Waals surface area contributed by atoms with Crippen molar-refractivity contribution < 1.29 is 4.79 Å². The van der Waals surface area contributed by atoms with Gasteiger partial charge in [0, 0.05) is 24.5 Å². The molecule has 142 valence electrons. The molecule has 0 saturated heterocycles. The Kier molecular flexibility index (Phi) is 6.29. The van der Waals surface area contributed by atoms with Crippen molar-refractivity contribution in [2.75, 3.05) is 11.6 Å². The number of hydrogen-bond acceptors (Lipinski definition) is 4. The van der Waals surface area contributed by atoms with E-state index in [1.807, 2.05) is 55.5 Å². The van der Waals surface area contributed by atoms with Crippen molar-refractivity contribution in [1.82, 2.24) is 15.6 Å². The zero-order chi connectivity index (χ0) is 19.9. The van der Waals surface area contributed by atoms with Crippen molar-refractivity contribution in [1.29, 1.82) is 0 Å². The number of anilines is 1. The molecule has 0 aliphatic carbocycles. The van der Waals surface area contributed by atoms with Gasteiger partial charge >= 0.3 is 0 Å². The van der Waals surface area contributed by atoms with Crippen LogP contribution in [-0.2, 0) is 4.79 Å². The van der Waals surface area contributed by atoms with Gasteiger partial charge in [-0.15, -0.1) is 6.58 Å². The normalized spacial score (nSPS) is 16.5. The highest BCUT2D eigenvalue weighted by Gasteiger charge is 2.38. The van der Waals surface area contributed by atoms with Crippen LogP contribution in [-0.4, -0.2) is 28.3 Å². The van der Waals surface area contributed by atoms with Gasteiger partial charge in [0.25, 0.3) is 5.91 Å². The summed E-state index contributed by atoms with van der Waals surface area (Å²) < 4.78 is 0. The average molecular weight is 392 g/mol. The van der Waals surface area contributed by atoms with Crippen LogP contribution >= 0.6 is 12.2 Å². The van der Waals surface area contributed by atoms with E-state index < -0.39 is 5.92 Å². The van der Waals surface area contributed by atoms with E-state index >= 15 is 0 Å². The first kappa shape index (κ1) is 19.4. The first-order chi connectivity index (χ1) is 13.6. The maximum Gasteiger partial charge on any atom is 0.260 e. The lowest BCUT2D eigenvalue weighted by Crippen LogP contribution is -2.33. The molecule has 0 radical (unpaired) electrons. The van der Waals surface area contributed by atoms with Gasteiger partial charge in [-0.05, 0) is 43.4 Å². The lowest BCUT2D eigenvalue weighted by molar-refractivity contribution is -0.118. The lowest BCUT2D eigenvalue weighted by atomic mass is 9.92. The molecular weight excluding hydrogens is 370 g/mol. The van der Waals surface area contributed by atoms with Crippen LogP contribution in [0.25, 0.3) is 5.57 Å². The molecule has 0 fully saturated rings. The molecule has 1 unspecified atom stereocenters. The smallest absolute Gasteiger partial charge is 0.260 e. The molecule has 2 N–H and O–H groups in total. The van der Waals surface area contributed by atoms with Crippen LogP contribution in [0.15, 0.2) is 78.7 Å². The number of para-hydroxylation sites is 1. The summed E-state index contributed by atoms with van der Waals surface area (Å²) in [7, 11) is 0. The molecule has 0 saturated carbocycles. The summed E-state index contributed by atoms with van der Waals surface area (Å²) in [5, 5.41) is 12.4. The van der Waals surface area contributed by atoms with Gasteiger partial charge in [-0.3, -0.25) is 9.78 Å². The minimum absolute atomic E-state index is 0.132. The number of thiocarbonyl (C=S) groups is 1. The van der Waals surface area contributed by atoms with Crippen LogP contribution in [0.1, 0.15) is 12.6 Å². The van der Waals surface area contributed by atoms with Crippen LogP contribution < -0.4 is 15.6 Å². The van der Waals surface area contributed by atoms with Crippen molar-refractivity contribution in [3.8, 4) is 0 Å². The second-order valence-electron chi connectivity index (χ2n) is 6.12. The maximum absolute atomic E-state index is 13.2. The Bertz CT molecular complexity index is 924. The van der Waals surface area contributed by atoms with E-state index in [0.717, 1.165) is 5.69 Å². The summed E-state index contributed by atoms with van der Waals surface area (Å²) in [4.78, 5) is 17.6. The average Bonchev–Trinajstić information content (AvgIpc) is 3.02. The summed E-state index contributed by atoms with van der Waals surface area (Å²) in [6.45, 7) is 6.04. The van der Waals surface area contributed by atoms with Gasteiger partial charge in [-0.2, -0.15) is 10.1 Å². The van der Waals surface area contributed by atoms with Gasteiger partial charge in [0.2, 0.25) is 0 Å². The van der Waals surface area contributed by atoms with Crippen LogP contribution in [0.5, 0.6) is 0 Å². The fourth-order valence-corrected chi connectivity index (χ4v) is 3.02. The number of rotatable bonds is 6. The minimum atomic E-state index is -0.551. The lowest BCUT2D eigenvalue weighted by Gasteiger charge is -2.17. The molecule has 2 heterocycles. The molecule has 1 aliphatic heterocycles. The monoisotopic (exact) mass is 391 g/mol. The molecule has 1 aliphatic rings. The third-order valence-corrected chi connectivity index (χ3v) is 4.43. The number of nitrogens with zero attached hydrogens (tertiary/aromatic N) is 3. The second-order valence-corrected chi connectivity index (χ2v) is 6.53. The zero-order valence-corrected chi connectivity index (χ0v) is 16.3. The summed E-state index contributed by atoms with van der Waals surface area (Å²) in [5.41, 5.74) is 2.81. The maximum atomic E-state index is 13.2. The number of hydrazone groups is 1. The highest BCUT2D eigenvalue weighted by Crippen LogP contribution is 2.32. The van der Waals surface area contributed by atoms with Gasteiger partial charge in [0.15, 0.2) is 5.11 Å². The molecule has 1 aromatic heterocycles. The predicted octanol–water partition coefficient (Wildman–Crippen LogP) is 3.11. The molecule has 0 spiro atoms. The van der Waals surface area contributed by atoms with Crippen molar-refractivity contribution in [3.05, 3.63) is 79.3 Å². The van der Waals surface area contributed by atoms with Crippen LogP contribution in [0.2, 0.25) is 0 Å². The fraction of sp³-hybridized carbons (Fsp3) is 0.143. The minimum Gasteiger partial charge on any atom is -0.359 e. The molecule has 3 rings (SSSR count). The first-order valence-corrected chi connectivity index (χ1v) is 9.23. The van der Waals surface area contributed by atoms with Crippen LogP contribution in [0.3, 0.4) is 0 Å². The summed E-state index contributed by atoms with van der Waals surface area (Å²) in [5.74, 6) is -0.683. The largest absolute Gasteiger partial charge is 0.359 e. The molecular formula is C21H21N5OS. The number of pyridine rings is 1. The Balaban J connectivity index is 1.92. The zero-order valence-electron chi connectivity index (χ0n) is 15.5. The molecule has 2 aromatic rings. The molecule has 0 bridgehead atoms. The Labute approximate surface area is 169 Å². The topological polar surface area (TPSA) is 69.6 Å². The summed E-state index contributed by atoms with van der Waals surface area (Å²) >= 11 is 5.26. The highest BCUT2D eigenvalue weighted by atomic mass is 32.1. The third kappa shape index (κ3) is 4.32. The number of carbonyl (C=O) groups is 1. The molecule has 6 nitrogen and oxygen atoms in total. The third-order valence-electron chi connectivity index (χ3n) is 4.17. The molecule has 1 atom stereocenters. The van der Waals surface area contributed by atoms with E-state index in [4.69, 9.17) is 12.2 Å². The van der Waals surface area contributed by atoms with E-state index in [0.29, 0.717) is 28.6 Å². The van der Waals surface area contributed by atoms with Crippen LogP contribution in [0.4, 0.5) is 5.69 Å². The van der Waals surface area contributed by atoms with E-state index in [2.05, 4.69) is 27.3 Å². The van der Waals surface area contributed by atoms with E-state index in [-0.39, 0.29) is 5.91 Å². The van der Waals surface area contributed by atoms with E-state index in [1.54, 1.807) is 18.5 Å². The highest BCUT2D eigenvalue weighted by molar-refractivity contribution is 7.80. The fourth-order valence-electron chi connectivity index (χ4n) is 2.88. The molecule has 7 heteroatoms. The Morgan fingerprint density at radius 2 is 2.00 bits per heavy atom. The predicted molar refractivity (Wildman–Crippen MR) is 117 cm³/mol. The Morgan fingerprint density at radius 3 is 2.68 bits per heavy atom.